The van der Waals surface area contributed by atoms with Crippen LogP contribution in [0.4, 0.5) is 10.1 Å². The predicted molar refractivity (Wildman–Crippen MR) is 81.2 cm³/mol. The van der Waals surface area contributed by atoms with Crippen LogP contribution in [0.2, 0.25) is 0 Å². The number of carbonyl (C=O) groups is 1. The number of halogens is 1. The molecule has 0 N–H and O–H groups in total. The number of benzene rings is 1. The van der Waals surface area contributed by atoms with E-state index in [-0.39, 0.29) is 11.7 Å². The molecule has 2 heterocycles. The summed E-state index contributed by atoms with van der Waals surface area (Å²) < 4.78 is 13.0. The number of hydrogen-bond acceptors (Lipinski definition) is 4. The van der Waals surface area contributed by atoms with E-state index in [1.54, 1.807) is 23.2 Å². The molecule has 0 bridgehead atoms. The Morgan fingerprint density at radius 2 is 1.86 bits per heavy atom. The fourth-order valence-corrected chi connectivity index (χ4v) is 2.60. The van der Waals surface area contributed by atoms with Gasteiger partial charge in [-0.1, -0.05) is 0 Å². The standard InChI is InChI=1S/C16H17FN4O/c17-13-2-4-14(5-3-13)20-8-1-9-21(11-10-20)16(22)15-12-18-6-7-19-15/h2-7,12H,1,8-11H2. The number of hydrogen-bond donors (Lipinski definition) is 0. The van der Waals surface area contributed by atoms with Crippen LogP contribution in [-0.2, 0) is 0 Å². The lowest BCUT2D eigenvalue weighted by atomic mass is 10.2. The molecular formula is C16H17FN4O. The summed E-state index contributed by atoms with van der Waals surface area (Å²) in [7, 11) is 0. The summed E-state index contributed by atoms with van der Waals surface area (Å²) in [6.07, 6.45) is 5.43. The first kappa shape index (κ1) is 14.4. The average molecular weight is 300 g/mol. The molecule has 5 nitrogen and oxygen atoms in total. The molecule has 1 saturated heterocycles. The number of carbonyl (C=O) groups excluding carboxylic acids is 1. The summed E-state index contributed by atoms with van der Waals surface area (Å²) in [5.41, 5.74) is 1.35. The molecule has 6 heteroatoms. The van der Waals surface area contributed by atoms with Gasteiger partial charge >= 0.3 is 0 Å². The lowest BCUT2D eigenvalue weighted by molar-refractivity contribution is 0.0760. The highest BCUT2D eigenvalue weighted by Crippen LogP contribution is 2.17. The molecule has 0 unspecified atom stereocenters. The molecule has 1 aliphatic heterocycles. The van der Waals surface area contributed by atoms with E-state index in [0.717, 1.165) is 25.2 Å². The van der Waals surface area contributed by atoms with E-state index in [2.05, 4.69) is 14.9 Å². The van der Waals surface area contributed by atoms with Crippen LogP contribution in [-0.4, -0.2) is 47.0 Å². The second-order valence-corrected chi connectivity index (χ2v) is 5.20. The minimum Gasteiger partial charge on any atom is -0.370 e. The van der Waals surface area contributed by atoms with Crippen LogP contribution >= 0.6 is 0 Å². The van der Waals surface area contributed by atoms with Gasteiger partial charge in [-0.25, -0.2) is 9.37 Å². The predicted octanol–water partition coefficient (Wildman–Crippen LogP) is 1.97. The zero-order valence-electron chi connectivity index (χ0n) is 12.2. The molecule has 1 aromatic heterocycles. The number of amides is 1. The maximum atomic E-state index is 13.0. The summed E-state index contributed by atoms with van der Waals surface area (Å²) in [5, 5.41) is 0. The van der Waals surface area contributed by atoms with Crippen molar-refractivity contribution in [1.29, 1.82) is 0 Å². The molecule has 0 aliphatic carbocycles. The summed E-state index contributed by atoms with van der Waals surface area (Å²) in [5.74, 6) is -0.327. The van der Waals surface area contributed by atoms with Gasteiger partial charge in [-0.3, -0.25) is 9.78 Å². The first-order valence-electron chi connectivity index (χ1n) is 7.30. The fourth-order valence-electron chi connectivity index (χ4n) is 2.60. The van der Waals surface area contributed by atoms with E-state index in [0.29, 0.717) is 18.8 Å². The third-order valence-corrected chi connectivity index (χ3v) is 3.76. The quantitative estimate of drug-likeness (QED) is 0.851. The van der Waals surface area contributed by atoms with Gasteiger partial charge in [-0.05, 0) is 30.7 Å². The SMILES string of the molecule is O=C(c1cnccn1)N1CCCN(c2ccc(F)cc2)CC1. The van der Waals surface area contributed by atoms with Crippen molar-refractivity contribution >= 4 is 11.6 Å². The van der Waals surface area contributed by atoms with Crippen LogP contribution in [0.25, 0.3) is 0 Å². The molecule has 114 valence electrons. The van der Waals surface area contributed by atoms with Crippen LogP contribution in [0.15, 0.2) is 42.9 Å². The van der Waals surface area contributed by atoms with Crippen molar-refractivity contribution in [2.75, 3.05) is 31.1 Å². The molecule has 1 fully saturated rings. The van der Waals surface area contributed by atoms with Crippen LogP contribution in [0, 0.1) is 5.82 Å². The molecule has 0 spiro atoms. The molecule has 1 aliphatic rings. The summed E-state index contributed by atoms with van der Waals surface area (Å²) in [6, 6.07) is 6.47. The maximum absolute atomic E-state index is 13.0. The van der Waals surface area contributed by atoms with Crippen LogP contribution in [0.3, 0.4) is 0 Å². The Bertz CT molecular complexity index is 632. The third-order valence-electron chi connectivity index (χ3n) is 3.76. The Labute approximate surface area is 128 Å². The zero-order chi connectivity index (χ0) is 15.4. The fraction of sp³-hybridized carbons (Fsp3) is 0.312. The maximum Gasteiger partial charge on any atom is 0.274 e. The Morgan fingerprint density at radius 1 is 1.05 bits per heavy atom. The van der Waals surface area contributed by atoms with E-state index in [1.807, 2.05) is 0 Å². The van der Waals surface area contributed by atoms with Crippen molar-refractivity contribution in [3.63, 3.8) is 0 Å². The molecule has 0 radical (unpaired) electrons. The normalized spacial score (nSPS) is 15.5. The molecule has 22 heavy (non-hydrogen) atoms. The average Bonchev–Trinajstić information content (AvgIpc) is 2.82. The lowest BCUT2D eigenvalue weighted by Crippen LogP contribution is -2.35. The topological polar surface area (TPSA) is 49.3 Å². The molecule has 2 aromatic rings. The molecule has 1 amide bonds. The van der Waals surface area contributed by atoms with E-state index in [4.69, 9.17) is 0 Å². The van der Waals surface area contributed by atoms with E-state index in [1.165, 1.54) is 24.5 Å². The second kappa shape index (κ2) is 6.51. The van der Waals surface area contributed by atoms with Gasteiger partial charge in [-0.2, -0.15) is 0 Å². The number of anilines is 1. The van der Waals surface area contributed by atoms with Crippen LogP contribution in [0.5, 0.6) is 0 Å². The summed E-state index contributed by atoms with van der Waals surface area (Å²) >= 11 is 0. The van der Waals surface area contributed by atoms with Crippen molar-refractivity contribution < 1.29 is 9.18 Å². The van der Waals surface area contributed by atoms with Crippen LogP contribution in [0.1, 0.15) is 16.9 Å². The van der Waals surface area contributed by atoms with Crippen molar-refractivity contribution in [3.05, 3.63) is 54.4 Å². The van der Waals surface area contributed by atoms with E-state index in [9.17, 15) is 9.18 Å². The molecule has 3 rings (SSSR count). The third kappa shape index (κ3) is 3.21. The van der Waals surface area contributed by atoms with Crippen molar-refractivity contribution in [2.24, 2.45) is 0 Å². The van der Waals surface area contributed by atoms with Gasteiger partial charge in [0.2, 0.25) is 0 Å². The number of rotatable bonds is 2. The Hall–Kier alpha value is -2.50. The highest BCUT2D eigenvalue weighted by molar-refractivity contribution is 5.92. The minimum absolute atomic E-state index is 0.0888. The molecule has 0 atom stereocenters. The van der Waals surface area contributed by atoms with Gasteiger partial charge in [0.05, 0.1) is 6.20 Å². The highest BCUT2D eigenvalue weighted by atomic mass is 19.1. The lowest BCUT2D eigenvalue weighted by Gasteiger charge is -2.23. The first-order valence-corrected chi connectivity index (χ1v) is 7.30. The smallest absolute Gasteiger partial charge is 0.274 e. The highest BCUT2D eigenvalue weighted by Gasteiger charge is 2.21. The molecule has 1 aromatic carbocycles. The van der Waals surface area contributed by atoms with Gasteiger partial charge in [0, 0.05) is 44.3 Å². The summed E-state index contributed by atoms with van der Waals surface area (Å²) in [4.78, 5) is 24.4. The van der Waals surface area contributed by atoms with Gasteiger partial charge in [0.1, 0.15) is 11.5 Å². The Kier molecular flexibility index (Phi) is 4.27. The summed E-state index contributed by atoms with van der Waals surface area (Å²) in [6.45, 7) is 2.87. The van der Waals surface area contributed by atoms with Gasteiger partial charge in [0.25, 0.3) is 5.91 Å². The van der Waals surface area contributed by atoms with Crippen molar-refractivity contribution in [3.8, 4) is 0 Å². The van der Waals surface area contributed by atoms with Gasteiger partial charge in [0.15, 0.2) is 0 Å². The van der Waals surface area contributed by atoms with Gasteiger partial charge in [-0.15, -0.1) is 0 Å². The minimum atomic E-state index is -0.238. The molecular weight excluding hydrogens is 283 g/mol. The monoisotopic (exact) mass is 300 g/mol. The largest absolute Gasteiger partial charge is 0.370 e. The van der Waals surface area contributed by atoms with Crippen molar-refractivity contribution in [1.82, 2.24) is 14.9 Å². The molecule has 0 saturated carbocycles. The number of aromatic nitrogens is 2. The van der Waals surface area contributed by atoms with E-state index >= 15 is 0 Å². The Balaban J connectivity index is 1.67. The van der Waals surface area contributed by atoms with Crippen LogP contribution < -0.4 is 4.90 Å². The second-order valence-electron chi connectivity index (χ2n) is 5.20. The van der Waals surface area contributed by atoms with Gasteiger partial charge < -0.3 is 9.80 Å². The zero-order valence-corrected chi connectivity index (χ0v) is 12.2. The number of nitrogens with zero attached hydrogens (tertiary/aromatic N) is 4. The first-order chi connectivity index (χ1) is 10.7. The van der Waals surface area contributed by atoms with E-state index < -0.39 is 0 Å². The Morgan fingerprint density at radius 3 is 2.59 bits per heavy atom. The van der Waals surface area contributed by atoms with Crippen molar-refractivity contribution in [2.45, 2.75) is 6.42 Å².